The van der Waals surface area contributed by atoms with E-state index >= 15 is 0 Å². The molecule has 2 heterocycles. The van der Waals surface area contributed by atoms with Gasteiger partial charge in [-0.05, 0) is 30.3 Å². The molecule has 18 heavy (non-hydrogen) atoms. The Morgan fingerprint density at radius 1 is 1.50 bits per heavy atom. The van der Waals surface area contributed by atoms with Gasteiger partial charge in [-0.2, -0.15) is 11.8 Å². The highest BCUT2D eigenvalue weighted by Gasteiger charge is 2.20. The fraction of sp³-hybridized carbons (Fsp3) is 0.727. The zero-order valence-corrected chi connectivity index (χ0v) is 12.1. The van der Waals surface area contributed by atoms with E-state index in [1.807, 2.05) is 18.7 Å². The largest absolute Gasteiger partial charge is 0.332 e. The second kappa shape index (κ2) is 6.08. The molecule has 0 aromatic carbocycles. The molecule has 2 rings (SSSR count). The Morgan fingerprint density at radius 3 is 2.83 bits per heavy atom. The highest BCUT2D eigenvalue weighted by Crippen LogP contribution is 2.22. The molecule has 0 saturated carbocycles. The molecule has 1 aromatic heterocycles. The van der Waals surface area contributed by atoms with Crippen LogP contribution in [0.2, 0.25) is 0 Å². The monoisotopic (exact) mass is 289 g/mol. The number of hydrogen-bond acceptors (Lipinski definition) is 4. The van der Waals surface area contributed by atoms with Gasteiger partial charge in [0.05, 0.1) is 6.20 Å². The second-order valence-electron chi connectivity index (χ2n) is 4.46. The maximum atomic E-state index is 12.0. The topological polar surface area (TPSA) is 74.8 Å². The number of aromatic nitrogens is 2. The van der Waals surface area contributed by atoms with Gasteiger partial charge in [0, 0.05) is 13.0 Å². The summed E-state index contributed by atoms with van der Waals surface area (Å²) in [5.41, 5.74) is 0. The first-order valence-corrected chi connectivity index (χ1v) is 8.87. The zero-order chi connectivity index (χ0) is 13.0. The van der Waals surface area contributed by atoms with Gasteiger partial charge in [0.25, 0.3) is 10.0 Å². The Bertz CT molecular complexity index is 478. The minimum atomic E-state index is -3.42. The second-order valence-corrected chi connectivity index (χ2v) is 7.42. The van der Waals surface area contributed by atoms with E-state index in [1.165, 1.54) is 6.20 Å². The van der Waals surface area contributed by atoms with Crippen LogP contribution in [0.4, 0.5) is 0 Å². The van der Waals surface area contributed by atoms with Crippen molar-refractivity contribution in [3.63, 3.8) is 0 Å². The number of H-pyrrole nitrogens is 1. The maximum Gasteiger partial charge on any atom is 0.257 e. The van der Waals surface area contributed by atoms with Crippen LogP contribution in [0.25, 0.3) is 0 Å². The summed E-state index contributed by atoms with van der Waals surface area (Å²) in [4.78, 5) is 6.84. The summed E-state index contributed by atoms with van der Waals surface area (Å²) in [6, 6.07) is 0. The van der Waals surface area contributed by atoms with Crippen molar-refractivity contribution in [3.05, 3.63) is 12.0 Å². The van der Waals surface area contributed by atoms with Crippen molar-refractivity contribution in [2.75, 3.05) is 18.1 Å². The maximum absolute atomic E-state index is 12.0. The zero-order valence-electron chi connectivity index (χ0n) is 10.5. The Morgan fingerprint density at radius 2 is 2.22 bits per heavy atom. The van der Waals surface area contributed by atoms with Crippen LogP contribution in [0.3, 0.4) is 0 Å². The number of rotatable bonds is 5. The average Bonchev–Trinajstić information content (AvgIpc) is 2.87. The minimum Gasteiger partial charge on any atom is -0.332 e. The molecule has 0 spiro atoms. The van der Waals surface area contributed by atoms with Crippen molar-refractivity contribution in [1.82, 2.24) is 14.7 Å². The fourth-order valence-electron chi connectivity index (χ4n) is 1.92. The molecule has 1 aromatic rings. The van der Waals surface area contributed by atoms with E-state index in [9.17, 15) is 8.42 Å². The van der Waals surface area contributed by atoms with Gasteiger partial charge < -0.3 is 4.98 Å². The summed E-state index contributed by atoms with van der Waals surface area (Å²) >= 11 is 1.94. The predicted octanol–water partition coefficient (Wildman–Crippen LogP) is 1.39. The highest BCUT2D eigenvalue weighted by atomic mass is 32.2. The minimum absolute atomic E-state index is 0.171. The van der Waals surface area contributed by atoms with Crippen LogP contribution in [0, 0.1) is 5.92 Å². The smallest absolute Gasteiger partial charge is 0.257 e. The van der Waals surface area contributed by atoms with Crippen molar-refractivity contribution in [3.8, 4) is 0 Å². The van der Waals surface area contributed by atoms with Crippen molar-refractivity contribution in [1.29, 1.82) is 0 Å². The molecular weight excluding hydrogens is 270 g/mol. The number of nitrogens with one attached hydrogen (secondary N) is 2. The first-order chi connectivity index (χ1) is 8.62. The number of sulfonamides is 1. The van der Waals surface area contributed by atoms with E-state index < -0.39 is 10.0 Å². The number of hydrogen-bond donors (Lipinski definition) is 2. The van der Waals surface area contributed by atoms with E-state index in [0.29, 0.717) is 24.7 Å². The van der Waals surface area contributed by atoms with Gasteiger partial charge in [0.2, 0.25) is 0 Å². The normalized spacial score (nSPS) is 18.1. The molecule has 102 valence electrons. The van der Waals surface area contributed by atoms with Crippen LogP contribution in [0.1, 0.15) is 25.6 Å². The summed E-state index contributed by atoms with van der Waals surface area (Å²) < 4.78 is 26.7. The molecule has 0 unspecified atom stereocenters. The van der Waals surface area contributed by atoms with E-state index in [4.69, 9.17) is 0 Å². The van der Waals surface area contributed by atoms with Crippen LogP contribution in [-0.2, 0) is 16.4 Å². The number of nitrogens with zero attached hydrogens (tertiary/aromatic N) is 1. The first kappa shape index (κ1) is 13.9. The molecule has 7 heteroatoms. The van der Waals surface area contributed by atoms with E-state index in [2.05, 4.69) is 14.7 Å². The van der Waals surface area contributed by atoms with Crippen molar-refractivity contribution < 1.29 is 8.42 Å². The van der Waals surface area contributed by atoms with Crippen molar-refractivity contribution >= 4 is 21.8 Å². The third-order valence-electron chi connectivity index (χ3n) is 3.13. The molecule has 0 atom stereocenters. The van der Waals surface area contributed by atoms with Crippen LogP contribution in [-0.4, -0.2) is 36.4 Å². The van der Waals surface area contributed by atoms with Crippen LogP contribution >= 0.6 is 11.8 Å². The van der Waals surface area contributed by atoms with Crippen molar-refractivity contribution in [2.24, 2.45) is 5.92 Å². The van der Waals surface area contributed by atoms with Crippen LogP contribution in [0.5, 0.6) is 0 Å². The molecule has 1 aliphatic heterocycles. The molecule has 2 N–H and O–H groups in total. The Hall–Kier alpha value is -0.530. The van der Waals surface area contributed by atoms with Gasteiger partial charge in [0.1, 0.15) is 5.82 Å². The SMILES string of the molecule is CCc1ncc(S(=O)(=O)NCC2CCSCC2)[nH]1. The van der Waals surface area contributed by atoms with E-state index in [0.717, 1.165) is 24.3 Å². The van der Waals surface area contributed by atoms with Gasteiger partial charge in [-0.25, -0.2) is 18.1 Å². The lowest BCUT2D eigenvalue weighted by Crippen LogP contribution is -2.31. The molecule has 0 aliphatic carbocycles. The molecule has 5 nitrogen and oxygen atoms in total. The summed E-state index contributed by atoms with van der Waals surface area (Å²) in [5, 5.41) is 0.171. The average molecular weight is 289 g/mol. The van der Waals surface area contributed by atoms with Crippen LogP contribution < -0.4 is 4.72 Å². The molecule has 1 saturated heterocycles. The number of thioether (sulfide) groups is 1. The van der Waals surface area contributed by atoms with E-state index in [-0.39, 0.29) is 5.03 Å². The number of imidazole rings is 1. The van der Waals surface area contributed by atoms with Crippen LogP contribution in [0.15, 0.2) is 11.2 Å². The molecule has 0 radical (unpaired) electrons. The Labute approximate surface area is 112 Å². The van der Waals surface area contributed by atoms with Gasteiger partial charge in [-0.15, -0.1) is 0 Å². The van der Waals surface area contributed by atoms with Gasteiger partial charge in [0.15, 0.2) is 5.03 Å². The lowest BCUT2D eigenvalue weighted by Gasteiger charge is -2.21. The van der Waals surface area contributed by atoms with Crippen molar-refractivity contribution in [2.45, 2.75) is 31.2 Å². The lowest BCUT2D eigenvalue weighted by atomic mass is 10.0. The predicted molar refractivity (Wildman–Crippen MR) is 73.2 cm³/mol. The standard InChI is InChI=1S/C11H19N3O2S2/c1-2-10-12-8-11(14-10)18(15,16)13-7-9-3-5-17-6-4-9/h8-9,13H,2-7H2,1H3,(H,12,14). The van der Waals surface area contributed by atoms with Gasteiger partial charge in [-0.1, -0.05) is 6.92 Å². The third kappa shape index (κ3) is 3.49. The van der Waals surface area contributed by atoms with Gasteiger partial charge in [-0.3, -0.25) is 0 Å². The quantitative estimate of drug-likeness (QED) is 0.859. The lowest BCUT2D eigenvalue weighted by molar-refractivity contribution is 0.476. The number of aryl methyl sites for hydroxylation is 1. The van der Waals surface area contributed by atoms with Gasteiger partial charge >= 0.3 is 0 Å². The summed E-state index contributed by atoms with van der Waals surface area (Å²) in [7, 11) is -3.42. The molecule has 0 amide bonds. The highest BCUT2D eigenvalue weighted by molar-refractivity contribution is 7.99. The summed E-state index contributed by atoms with van der Waals surface area (Å²) in [6.45, 7) is 2.46. The Kier molecular flexibility index (Phi) is 4.69. The fourth-order valence-corrected chi connectivity index (χ4v) is 4.17. The summed E-state index contributed by atoms with van der Waals surface area (Å²) in [5.74, 6) is 3.44. The molecule has 1 aliphatic rings. The molecule has 0 bridgehead atoms. The Balaban J connectivity index is 1.94. The number of aromatic amines is 1. The molecule has 1 fully saturated rings. The first-order valence-electron chi connectivity index (χ1n) is 6.23. The third-order valence-corrected chi connectivity index (χ3v) is 5.51. The summed E-state index contributed by atoms with van der Waals surface area (Å²) in [6.07, 6.45) is 4.28. The van der Waals surface area contributed by atoms with E-state index in [1.54, 1.807) is 0 Å². The molecular formula is C11H19N3O2S2.